The van der Waals surface area contributed by atoms with E-state index in [-0.39, 0.29) is 10.5 Å². The molecule has 32 heavy (non-hydrogen) atoms. The molecule has 2 aromatic rings. The highest BCUT2D eigenvalue weighted by Gasteiger charge is 2.25. The van der Waals surface area contributed by atoms with Crippen molar-refractivity contribution in [2.24, 2.45) is 0 Å². The van der Waals surface area contributed by atoms with Crippen LogP contribution in [-0.2, 0) is 24.3 Å². The second kappa shape index (κ2) is 10.1. The van der Waals surface area contributed by atoms with Crippen molar-refractivity contribution in [3.05, 3.63) is 54.1 Å². The van der Waals surface area contributed by atoms with Crippen LogP contribution in [0.5, 0.6) is 0 Å². The molecule has 3 rings (SSSR count). The third-order valence-corrected chi connectivity index (χ3v) is 6.97. The highest BCUT2D eigenvalue weighted by atomic mass is 32.2. The summed E-state index contributed by atoms with van der Waals surface area (Å²) < 4.78 is 36.9. The Labute approximate surface area is 188 Å². The van der Waals surface area contributed by atoms with Crippen LogP contribution < -0.4 is 9.80 Å². The van der Waals surface area contributed by atoms with E-state index in [1.54, 1.807) is 37.4 Å². The van der Waals surface area contributed by atoms with Crippen molar-refractivity contribution in [3.8, 4) is 0 Å². The molecule has 1 aliphatic heterocycles. The van der Waals surface area contributed by atoms with Gasteiger partial charge in [-0.3, -0.25) is 4.79 Å². The molecule has 1 saturated heterocycles. The number of esters is 1. The number of amides is 1. The molecule has 0 bridgehead atoms. The monoisotopic (exact) mass is 461 g/mol. The molecule has 9 nitrogen and oxygen atoms in total. The molecule has 10 heteroatoms. The average Bonchev–Trinajstić information content (AvgIpc) is 2.82. The first-order chi connectivity index (χ1) is 15.2. The van der Waals surface area contributed by atoms with Gasteiger partial charge in [-0.05, 0) is 30.3 Å². The van der Waals surface area contributed by atoms with E-state index in [1.165, 1.54) is 31.1 Å². The van der Waals surface area contributed by atoms with E-state index in [0.29, 0.717) is 37.7 Å². The Morgan fingerprint density at radius 3 is 2.31 bits per heavy atom. The molecular weight excluding hydrogens is 434 g/mol. The normalized spacial score (nSPS) is 14.3. The van der Waals surface area contributed by atoms with Crippen LogP contribution in [0.1, 0.15) is 10.4 Å². The van der Waals surface area contributed by atoms with E-state index in [4.69, 9.17) is 9.47 Å². The number of hydrogen-bond donors (Lipinski definition) is 0. The Kier molecular flexibility index (Phi) is 7.49. The Morgan fingerprint density at radius 1 is 1.03 bits per heavy atom. The smallest absolute Gasteiger partial charge is 0.340 e. The second-order valence-corrected chi connectivity index (χ2v) is 9.58. The summed E-state index contributed by atoms with van der Waals surface area (Å²) in [6, 6.07) is 13.3. The number of ether oxygens (including phenoxy) is 2. The van der Waals surface area contributed by atoms with Gasteiger partial charge in [0.15, 0.2) is 6.61 Å². The number of sulfonamides is 1. The molecule has 0 aromatic heterocycles. The summed E-state index contributed by atoms with van der Waals surface area (Å²) in [6.45, 7) is 1.61. The molecule has 0 radical (unpaired) electrons. The number of anilines is 2. The summed E-state index contributed by atoms with van der Waals surface area (Å²) in [4.78, 5) is 28.8. The molecule has 0 aliphatic carbocycles. The van der Waals surface area contributed by atoms with Gasteiger partial charge in [0.05, 0.1) is 29.4 Å². The van der Waals surface area contributed by atoms with Gasteiger partial charge in [0.1, 0.15) is 0 Å². The fourth-order valence-electron chi connectivity index (χ4n) is 3.23. The van der Waals surface area contributed by atoms with Gasteiger partial charge in [-0.15, -0.1) is 0 Å². The lowest BCUT2D eigenvalue weighted by molar-refractivity contribution is -0.121. The number of rotatable bonds is 7. The van der Waals surface area contributed by atoms with Crippen molar-refractivity contribution in [1.29, 1.82) is 0 Å². The number of para-hydroxylation sites is 1. The Morgan fingerprint density at radius 2 is 1.69 bits per heavy atom. The van der Waals surface area contributed by atoms with Gasteiger partial charge < -0.3 is 19.3 Å². The molecule has 0 N–H and O–H groups in total. The van der Waals surface area contributed by atoms with Gasteiger partial charge in [-0.25, -0.2) is 17.5 Å². The van der Waals surface area contributed by atoms with E-state index >= 15 is 0 Å². The second-order valence-electron chi connectivity index (χ2n) is 7.43. The summed E-state index contributed by atoms with van der Waals surface area (Å²) >= 11 is 0. The lowest BCUT2D eigenvalue weighted by atomic mass is 10.1. The first-order valence-corrected chi connectivity index (χ1v) is 11.5. The van der Waals surface area contributed by atoms with Gasteiger partial charge in [-0.2, -0.15) is 0 Å². The van der Waals surface area contributed by atoms with Crippen molar-refractivity contribution in [2.45, 2.75) is 4.90 Å². The number of nitrogens with zero attached hydrogens (tertiary/aromatic N) is 3. The number of morpholine rings is 1. The van der Waals surface area contributed by atoms with Gasteiger partial charge in [0.2, 0.25) is 10.0 Å². The highest BCUT2D eigenvalue weighted by molar-refractivity contribution is 7.89. The zero-order chi connectivity index (χ0) is 23.3. The van der Waals surface area contributed by atoms with Gasteiger partial charge >= 0.3 is 5.97 Å². The fourth-order valence-corrected chi connectivity index (χ4v) is 4.16. The van der Waals surface area contributed by atoms with Crippen molar-refractivity contribution in [1.82, 2.24) is 4.31 Å². The third kappa shape index (κ3) is 5.26. The molecule has 0 saturated carbocycles. The maximum atomic E-state index is 13.0. The minimum atomic E-state index is -3.75. The van der Waals surface area contributed by atoms with Crippen LogP contribution in [0.3, 0.4) is 0 Å². The predicted molar refractivity (Wildman–Crippen MR) is 120 cm³/mol. The van der Waals surface area contributed by atoms with Crippen molar-refractivity contribution >= 4 is 33.3 Å². The Bertz CT molecular complexity index is 1070. The van der Waals surface area contributed by atoms with Gasteiger partial charge in [-0.1, -0.05) is 18.2 Å². The lowest BCUT2D eigenvalue weighted by Gasteiger charge is -2.30. The predicted octanol–water partition coefficient (Wildman–Crippen LogP) is 1.59. The SMILES string of the molecule is CN(C(=O)COC(=O)c1cc(S(=O)(=O)N(C)C)ccc1N1CCOCC1)c1ccccc1. The molecular formula is C22H27N3O6S. The number of carbonyl (C=O) groups is 2. The van der Waals surface area contributed by atoms with E-state index in [0.717, 1.165) is 4.31 Å². The number of benzene rings is 2. The van der Waals surface area contributed by atoms with Crippen LogP contribution >= 0.6 is 0 Å². The van der Waals surface area contributed by atoms with E-state index in [9.17, 15) is 18.0 Å². The number of hydrogen-bond acceptors (Lipinski definition) is 7. The number of carbonyl (C=O) groups excluding carboxylic acids is 2. The average molecular weight is 462 g/mol. The first kappa shape index (κ1) is 23.7. The topological polar surface area (TPSA) is 96.5 Å². The summed E-state index contributed by atoms with van der Waals surface area (Å²) in [5.74, 6) is -1.17. The zero-order valence-electron chi connectivity index (χ0n) is 18.4. The molecule has 0 spiro atoms. The lowest BCUT2D eigenvalue weighted by Crippen LogP contribution is -2.37. The van der Waals surface area contributed by atoms with Crippen molar-refractivity contribution < 1.29 is 27.5 Å². The summed E-state index contributed by atoms with van der Waals surface area (Å²) in [5, 5.41) is 0. The molecule has 1 heterocycles. The Hall–Kier alpha value is -2.95. The molecule has 1 fully saturated rings. The minimum Gasteiger partial charge on any atom is -0.452 e. The summed E-state index contributed by atoms with van der Waals surface area (Å²) in [5.41, 5.74) is 1.30. The van der Waals surface area contributed by atoms with Crippen LogP contribution in [0.4, 0.5) is 11.4 Å². The van der Waals surface area contributed by atoms with Crippen LogP contribution in [0, 0.1) is 0 Å². The van der Waals surface area contributed by atoms with Crippen LogP contribution in [0.2, 0.25) is 0 Å². The largest absolute Gasteiger partial charge is 0.452 e. The summed E-state index contributed by atoms with van der Waals surface area (Å²) in [7, 11) is 0.674. The maximum absolute atomic E-state index is 13.0. The molecule has 0 atom stereocenters. The Balaban J connectivity index is 1.84. The van der Waals surface area contributed by atoms with E-state index < -0.39 is 28.5 Å². The fraction of sp³-hybridized carbons (Fsp3) is 0.364. The standard InChI is InChI=1S/C22H27N3O6S/c1-23(2)32(28,29)18-9-10-20(25-11-13-30-14-12-25)19(15-18)22(27)31-16-21(26)24(3)17-7-5-4-6-8-17/h4-10,15H,11-14,16H2,1-3H3. The first-order valence-electron chi connectivity index (χ1n) is 10.1. The molecule has 1 aliphatic rings. The highest BCUT2D eigenvalue weighted by Crippen LogP contribution is 2.27. The van der Waals surface area contributed by atoms with Crippen LogP contribution in [0.25, 0.3) is 0 Å². The van der Waals surface area contributed by atoms with Gasteiger partial charge in [0.25, 0.3) is 5.91 Å². The zero-order valence-corrected chi connectivity index (χ0v) is 19.2. The van der Waals surface area contributed by atoms with E-state index in [2.05, 4.69) is 0 Å². The van der Waals surface area contributed by atoms with Crippen molar-refractivity contribution in [3.63, 3.8) is 0 Å². The van der Waals surface area contributed by atoms with Crippen LogP contribution in [-0.4, -0.2) is 78.7 Å². The molecule has 2 aromatic carbocycles. The number of likely N-dealkylation sites (N-methyl/N-ethyl adjacent to an activating group) is 1. The van der Waals surface area contributed by atoms with Crippen molar-refractivity contribution in [2.75, 3.05) is 63.9 Å². The quantitative estimate of drug-likeness (QED) is 0.578. The molecule has 172 valence electrons. The van der Waals surface area contributed by atoms with Crippen LogP contribution in [0.15, 0.2) is 53.4 Å². The minimum absolute atomic E-state index is 0.0285. The molecule has 1 amide bonds. The molecule has 0 unspecified atom stereocenters. The summed E-state index contributed by atoms with van der Waals surface area (Å²) in [6.07, 6.45) is 0. The van der Waals surface area contributed by atoms with E-state index in [1.807, 2.05) is 11.0 Å². The van der Waals surface area contributed by atoms with Gasteiger partial charge in [0, 0.05) is 39.9 Å². The maximum Gasteiger partial charge on any atom is 0.340 e. The third-order valence-electron chi connectivity index (χ3n) is 5.16.